The Morgan fingerprint density at radius 2 is 2.23 bits per heavy atom. The molecule has 0 spiro atoms. The van der Waals surface area contributed by atoms with Crippen molar-refractivity contribution in [3.63, 3.8) is 0 Å². The summed E-state index contributed by atoms with van der Waals surface area (Å²) in [4.78, 5) is 12.1. The van der Waals surface area contributed by atoms with Crippen molar-refractivity contribution in [2.24, 2.45) is 5.10 Å². The van der Waals surface area contributed by atoms with Crippen LogP contribution < -0.4 is 14.9 Å². The predicted molar refractivity (Wildman–Crippen MR) is 95.5 cm³/mol. The van der Waals surface area contributed by atoms with Gasteiger partial charge in [-0.3, -0.25) is 9.89 Å². The molecular formula is C18H18N4O4. The number of nitrogens with one attached hydrogen (secondary N) is 2. The lowest BCUT2D eigenvalue weighted by Gasteiger charge is -2.09. The molecule has 1 amide bonds. The Kier molecular flexibility index (Phi) is 5.33. The maximum Gasteiger partial charge on any atom is 0.289 e. The summed E-state index contributed by atoms with van der Waals surface area (Å²) in [6, 6.07) is 10.5. The number of amides is 1. The average Bonchev–Trinajstić information content (AvgIpc) is 3.34. The van der Waals surface area contributed by atoms with Crippen molar-refractivity contribution in [3.8, 4) is 22.8 Å². The smallest absolute Gasteiger partial charge is 0.289 e. The predicted octanol–water partition coefficient (Wildman–Crippen LogP) is 2.84. The van der Waals surface area contributed by atoms with Gasteiger partial charge in [0.1, 0.15) is 11.5 Å². The lowest BCUT2D eigenvalue weighted by atomic mass is 10.1. The topological polar surface area (TPSA) is 102 Å². The fraction of sp³-hybridized carbons (Fsp3) is 0.167. The van der Waals surface area contributed by atoms with Crippen LogP contribution in [0.1, 0.15) is 23.2 Å². The molecular weight excluding hydrogens is 336 g/mol. The minimum Gasteiger partial charge on any atom is -0.493 e. The molecule has 0 aliphatic carbocycles. The number of benzene rings is 1. The maximum atomic E-state index is 12.1. The highest BCUT2D eigenvalue weighted by Crippen LogP contribution is 2.32. The Morgan fingerprint density at radius 3 is 2.96 bits per heavy atom. The lowest BCUT2D eigenvalue weighted by Crippen LogP contribution is -2.17. The number of carbonyl (C=O) groups is 1. The van der Waals surface area contributed by atoms with Gasteiger partial charge in [0.05, 0.1) is 31.9 Å². The van der Waals surface area contributed by atoms with E-state index in [1.807, 2.05) is 13.0 Å². The van der Waals surface area contributed by atoms with Gasteiger partial charge in [-0.1, -0.05) is 0 Å². The zero-order valence-corrected chi connectivity index (χ0v) is 14.4. The van der Waals surface area contributed by atoms with E-state index in [-0.39, 0.29) is 5.69 Å². The minimum atomic E-state index is -0.413. The number of hydrogen-bond donors (Lipinski definition) is 2. The number of nitrogens with zero attached hydrogens (tertiary/aromatic N) is 2. The molecule has 0 atom stereocenters. The van der Waals surface area contributed by atoms with Gasteiger partial charge >= 0.3 is 0 Å². The molecule has 0 aliphatic heterocycles. The molecule has 0 bridgehead atoms. The maximum absolute atomic E-state index is 12.1. The number of hydrogen-bond acceptors (Lipinski definition) is 6. The minimum absolute atomic E-state index is 0.282. The average molecular weight is 354 g/mol. The normalized spacial score (nSPS) is 10.8. The first-order chi connectivity index (χ1) is 12.7. The van der Waals surface area contributed by atoms with Crippen LogP contribution in [0.5, 0.6) is 11.5 Å². The summed E-state index contributed by atoms with van der Waals surface area (Å²) >= 11 is 0. The van der Waals surface area contributed by atoms with Crippen molar-refractivity contribution in [2.75, 3.05) is 13.7 Å². The molecule has 3 aromatic rings. The van der Waals surface area contributed by atoms with Gasteiger partial charge in [0.15, 0.2) is 11.5 Å². The van der Waals surface area contributed by atoms with Crippen LogP contribution in [-0.2, 0) is 0 Å². The van der Waals surface area contributed by atoms with Crippen LogP contribution in [0.15, 0.2) is 52.2 Å². The molecule has 3 rings (SSSR count). The van der Waals surface area contributed by atoms with Crippen LogP contribution in [0.25, 0.3) is 11.3 Å². The molecule has 0 saturated heterocycles. The van der Waals surface area contributed by atoms with Crippen molar-refractivity contribution in [2.45, 2.75) is 6.92 Å². The number of H-pyrrole nitrogens is 1. The molecule has 0 radical (unpaired) electrons. The molecule has 134 valence electrons. The second-order valence-electron chi connectivity index (χ2n) is 5.18. The van der Waals surface area contributed by atoms with Crippen molar-refractivity contribution in [3.05, 3.63) is 54.1 Å². The van der Waals surface area contributed by atoms with Crippen molar-refractivity contribution in [1.29, 1.82) is 0 Å². The highest BCUT2D eigenvalue weighted by Gasteiger charge is 2.13. The summed E-state index contributed by atoms with van der Waals surface area (Å²) in [5.74, 6) is 1.38. The summed E-state index contributed by atoms with van der Waals surface area (Å²) < 4.78 is 15.9. The number of hydrazone groups is 1. The number of furan rings is 1. The van der Waals surface area contributed by atoms with E-state index < -0.39 is 5.91 Å². The number of rotatable bonds is 7. The fourth-order valence-electron chi connectivity index (χ4n) is 2.27. The van der Waals surface area contributed by atoms with Crippen molar-refractivity contribution >= 4 is 12.1 Å². The van der Waals surface area contributed by atoms with E-state index in [4.69, 9.17) is 13.9 Å². The number of aromatic nitrogens is 2. The Bertz CT molecular complexity index is 900. The first-order valence-corrected chi connectivity index (χ1v) is 7.94. The molecule has 2 aromatic heterocycles. The third-order valence-electron chi connectivity index (χ3n) is 3.48. The third kappa shape index (κ3) is 3.92. The van der Waals surface area contributed by atoms with E-state index in [2.05, 4.69) is 20.7 Å². The molecule has 0 aliphatic rings. The van der Waals surface area contributed by atoms with Crippen LogP contribution >= 0.6 is 0 Å². The largest absolute Gasteiger partial charge is 0.493 e. The van der Waals surface area contributed by atoms with Crippen LogP contribution in [0.4, 0.5) is 0 Å². The van der Waals surface area contributed by atoms with Gasteiger partial charge < -0.3 is 13.9 Å². The van der Waals surface area contributed by atoms with E-state index in [9.17, 15) is 4.79 Å². The van der Waals surface area contributed by atoms with Crippen LogP contribution in [0.2, 0.25) is 0 Å². The van der Waals surface area contributed by atoms with E-state index in [0.717, 1.165) is 5.56 Å². The fourth-order valence-corrected chi connectivity index (χ4v) is 2.27. The summed E-state index contributed by atoms with van der Waals surface area (Å²) in [7, 11) is 1.57. The van der Waals surface area contributed by atoms with Gasteiger partial charge in [0, 0.05) is 5.56 Å². The van der Waals surface area contributed by atoms with E-state index >= 15 is 0 Å². The number of carbonyl (C=O) groups excluding carboxylic acids is 1. The van der Waals surface area contributed by atoms with Gasteiger partial charge in [0.2, 0.25) is 0 Å². The number of aromatic amines is 1. The lowest BCUT2D eigenvalue weighted by molar-refractivity contribution is 0.0950. The van der Waals surface area contributed by atoms with Crippen LogP contribution in [0, 0.1) is 0 Å². The molecule has 0 saturated carbocycles. The first-order valence-electron chi connectivity index (χ1n) is 7.94. The molecule has 2 heterocycles. The molecule has 0 fully saturated rings. The monoisotopic (exact) mass is 354 g/mol. The first kappa shape index (κ1) is 17.3. The summed E-state index contributed by atoms with van der Waals surface area (Å²) in [6.45, 7) is 2.45. The van der Waals surface area contributed by atoms with Gasteiger partial charge in [-0.05, 0) is 43.3 Å². The molecule has 1 aromatic carbocycles. The summed E-state index contributed by atoms with van der Waals surface area (Å²) in [6.07, 6.45) is 2.93. The summed E-state index contributed by atoms with van der Waals surface area (Å²) in [5.41, 5.74) is 4.08. The second kappa shape index (κ2) is 8.02. The third-order valence-corrected chi connectivity index (χ3v) is 3.48. The van der Waals surface area contributed by atoms with E-state index in [1.165, 1.54) is 12.5 Å². The molecule has 8 heteroatoms. The van der Waals surface area contributed by atoms with Gasteiger partial charge in [-0.2, -0.15) is 10.2 Å². The highest BCUT2D eigenvalue weighted by atomic mass is 16.5. The molecule has 2 N–H and O–H groups in total. The quantitative estimate of drug-likeness (QED) is 0.502. The Hall–Kier alpha value is -3.55. The van der Waals surface area contributed by atoms with E-state index in [1.54, 1.807) is 37.4 Å². The zero-order valence-electron chi connectivity index (χ0n) is 14.4. The van der Waals surface area contributed by atoms with E-state index in [0.29, 0.717) is 29.6 Å². The molecule has 26 heavy (non-hydrogen) atoms. The summed E-state index contributed by atoms with van der Waals surface area (Å²) in [5, 5.41) is 10.7. The highest BCUT2D eigenvalue weighted by molar-refractivity contribution is 5.94. The molecule has 8 nitrogen and oxygen atoms in total. The van der Waals surface area contributed by atoms with Gasteiger partial charge in [0.25, 0.3) is 5.91 Å². The van der Waals surface area contributed by atoms with Crippen molar-refractivity contribution in [1.82, 2.24) is 15.6 Å². The number of ether oxygens (including phenoxy) is 2. The molecule has 0 unspecified atom stereocenters. The second-order valence-corrected chi connectivity index (χ2v) is 5.18. The SMILES string of the molecule is CCOc1ccc(-c2cc(C(=O)NN=Cc3ccco3)[nH]n2)cc1OC. The van der Waals surface area contributed by atoms with Gasteiger partial charge in [-0.15, -0.1) is 0 Å². The Balaban J connectivity index is 1.71. The van der Waals surface area contributed by atoms with Crippen LogP contribution in [-0.4, -0.2) is 36.0 Å². The van der Waals surface area contributed by atoms with Gasteiger partial charge in [-0.25, -0.2) is 5.43 Å². The standard InChI is InChI=1S/C18H18N4O4/c1-3-25-16-7-6-12(9-17(16)24-2)14-10-15(21-20-14)18(23)22-19-11-13-5-4-8-26-13/h4-11H,3H2,1-2H3,(H,20,21)(H,22,23). The van der Waals surface area contributed by atoms with Crippen molar-refractivity contribution < 1.29 is 18.7 Å². The zero-order chi connectivity index (χ0) is 18.4. The Labute approximate surface area is 149 Å². The number of methoxy groups -OCH3 is 1. The Morgan fingerprint density at radius 1 is 1.35 bits per heavy atom. The van der Waals surface area contributed by atoms with Crippen LogP contribution in [0.3, 0.4) is 0 Å².